The highest BCUT2D eigenvalue weighted by Crippen LogP contribution is 2.37. The van der Waals surface area contributed by atoms with Crippen molar-refractivity contribution in [3.05, 3.63) is 29.3 Å². The van der Waals surface area contributed by atoms with Crippen molar-refractivity contribution in [1.82, 2.24) is 9.80 Å². The van der Waals surface area contributed by atoms with Crippen molar-refractivity contribution in [1.29, 1.82) is 0 Å². The SMILES string of the molecule is O=C(C[C@@]1(COc2cccc(Cl)c2)CCCN(C(=O)C2CCOCC2)C1)N1CCCCC1. The largest absolute Gasteiger partial charge is 0.493 e. The van der Waals surface area contributed by atoms with Crippen LogP contribution in [-0.4, -0.2) is 67.6 Å². The van der Waals surface area contributed by atoms with Crippen molar-refractivity contribution in [2.24, 2.45) is 11.3 Å². The van der Waals surface area contributed by atoms with Crippen LogP contribution in [0.4, 0.5) is 0 Å². The third-order valence-corrected chi connectivity index (χ3v) is 7.35. The molecule has 3 aliphatic heterocycles. The second kappa shape index (κ2) is 10.9. The molecule has 2 amide bonds. The molecule has 0 aliphatic carbocycles. The number of carbonyl (C=O) groups excluding carboxylic acids is 2. The maximum Gasteiger partial charge on any atom is 0.225 e. The molecule has 0 N–H and O–H groups in total. The number of hydrogen-bond donors (Lipinski definition) is 0. The summed E-state index contributed by atoms with van der Waals surface area (Å²) in [6.07, 6.45) is 7.11. The van der Waals surface area contributed by atoms with Gasteiger partial charge in [0.2, 0.25) is 11.8 Å². The van der Waals surface area contributed by atoms with Gasteiger partial charge in [0.15, 0.2) is 0 Å². The zero-order valence-corrected chi connectivity index (χ0v) is 19.7. The van der Waals surface area contributed by atoms with E-state index in [1.807, 2.05) is 28.0 Å². The summed E-state index contributed by atoms with van der Waals surface area (Å²) in [5.41, 5.74) is -0.379. The molecule has 1 atom stereocenters. The van der Waals surface area contributed by atoms with E-state index in [2.05, 4.69) is 0 Å². The molecule has 1 aromatic rings. The summed E-state index contributed by atoms with van der Waals surface area (Å²) >= 11 is 6.13. The van der Waals surface area contributed by atoms with Crippen LogP contribution in [0.25, 0.3) is 0 Å². The van der Waals surface area contributed by atoms with Gasteiger partial charge in [-0.25, -0.2) is 0 Å². The second-order valence-electron chi connectivity index (χ2n) is 9.61. The molecule has 3 heterocycles. The molecule has 0 spiro atoms. The van der Waals surface area contributed by atoms with Gasteiger partial charge in [0.05, 0.1) is 6.61 Å². The normalized spacial score (nSPS) is 24.9. The summed E-state index contributed by atoms with van der Waals surface area (Å²) in [5.74, 6) is 1.15. The molecule has 0 radical (unpaired) electrons. The van der Waals surface area contributed by atoms with E-state index in [0.29, 0.717) is 43.6 Å². The van der Waals surface area contributed by atoms with Crippen LogP contribution in [-0.2, 0) is 14.3 Å². The van der Waals surface area contributed by atoms with Gasteiger partial charge in [-0.3, -0.25) is 9.59 Å². The Morgan fingerprint density at radius 2 is 1.81 bits per heavy atom. The Labute approximate surface area is 196 Å². The standard InChI is InChI=1S/C25H35ClN2O4/c26-21-6-4-7-22(16-21)32-19-25(17-23(29)27-11-2-1-3-12-27)10-5-13-28(18-25)24(30)20-8-14-31-15-9-20/h4,6-7,16,20H,1-3,5,8-15,17-19H2/t25-/m0/s1. The van der Waals surface area contributed by atoms with Crippen LogP contribution < -0.4 is 4.74 Å². The highest BCUT2D eigenvalue weighted by Gasteiger charge is 2.42. The lowest BCUT2D eigenvalue weighted by molar-refractivity contribution is -0.146. The predicted molar refractivity (Wildman–Crippen MR) is 124 cm³/mol. The van der Waals surface area contributed by atoms with E-state index in [4.69, 9.17) is 21.1 Å². The van der Waals surface area contributed by atoms with Gasteiger partial charge in [-0.05, 0) is 63.1 Å². The topological polar surface area (TPSA) is 59.1 Å². The lowest BCUT2D eigenvalue weighted by Gasteiger charge is -2.44. The summed E-state index contributed by atoms with van der Waals surface area (Å²) in [6.45, 7) is 4.73. The molecule has 3 aliphatic rings. The molecule has 176 valence electrons. The van der Waals surface area contributed by atoms with Gasteiger partial charge in [-0.1, -0.05) is 17.7 Å². The quantitative estimate of drug-likeness (QED) is 0.637. The fourth-order valence-electron chi connectivity index (χ4n) is 5.28. The summed E-state index contributed by atoms with van der Waals surface area (Å²) in [5, 5.41) is 0.626. The van der Waals surface area contributed by atoms with Crippen LogP contribution in [0.5, 0.6) is 5.75 Å². The molecule has 3 fully saturated rings. The number of benzene rings is 1. The average Bonchev–Trinajstić information content (AvgIpc) is 2.84. The number of ether oxygens (including phenoxy) is 2. The second-order valence-corrected chi connectivity index (χ2v) is 10.1. The van der Waals surface area contributed by atoms with Gasteiger partial charge < -0.3 is 19.3 Å². The van der Waals surface area contributed by atoms with Crippen molar-refractivity contribution in [2.75, 3.05) is 46.0 Å². The first kappa shape index (κ1) is 23.4. The first-order chi connectivity index (χ1) is 15.5. The molecule has 3 saturated heterocycles. The highest BCUT2D eigenvalue weighted by molar-refractivity contribution is 6.30. The van der Waals surface area contributed by atoms with Crippen molar-refractivity contribution >= 4 is 23.4 Å². The van der Waals surface area contributed by atoms with Crippen molar-refractivity contribution in [3.63, 3.8) is 0 Å². The Kier molecular flexibility index (Phi) is 7.95. The van der Waals surface area contributed by atoms with E-state index in [0.717, 1.165) is 58.2 Å². The molecule has 1 aromatic carbocycles. The molecule has 0 unspecified atom stereocenters. The number of nitrogens with zero attached hydrogens (tertiary/aromatic N) is 2. The Balaban J connectivity index is 1.48. The average molecular weight is 463 g/mol. The third-order valence-electron chi connectivity index (χ3n) is 7.12. The summed E-state index contributed by atoms with van der Waals surface area (Å²) in [7, 11) is 0. The number of amides is 2. The van der Waals surface area contributed by atoms with Gasteiger partial charge >= 0.3 is 0 Å². The number of rotatable bonds is 6. The Morgan fingerprint density at radius 1 is 1.06 bits per heavy atom. The fourth-order valence-corrected chi connectivity index (χ4v) is 5.46. The number of piperidine rings is 2. The van der Waals surface area contributed by atoms with E-state index < -0.39 is 0 Å². The lowest BCUT2D eigenvalue weighted by atomic mass is 9.76. The molecule has 0 saturated carbocycles. The molecular formula is C25H35ClN2O4. The van der Waals surface area contributed by atoms with Crippen LogP contribution in [0.15, 0.2) is 24.3 Å². The van der Waals surface area contributed by atoms with Gasteiger partial charge in [-0.15, -0.1) is 0 Å². The maximum absolute atomic E-state index is 13.3. The number of carbonyl (C=O) groups is 2. The first-order valence-corrected chi connectivity index (χ1v) is 12.5. The third kappa shape index (κ3) is 5.96. The van der Waals surface area contributed by atoms with E-state index in [-0.39, 0.29) is 23.1 Å². The Morgan fingerprint density at radius 3 is 2.56 bits per heavy atom. The molecule has 7 heteroatoms. The molecule has 4 rings (SSSR count). The number of likely N-dealkylation sites (tertiary alicyclic amines) is 2. The van der Waals surface area contributed by atoms with Crippen molar-refractivity contribution < 1.29 is 19.1 Å². The van der Waals surface area contributed by atoms with Crippen LogP contribution in [0.3, 0.4) is 0 Å². The monoisotopic (exact) mass is 462 g/mol. The summed E-state index contributed by atoms with van der Waals surface area (Å²) < 4.78 is 11.6. The van der Waals surface area contributed by atoms with E-state index in [1.54, 1.807) is 6.07 Å². The Hall–Kier alpha value is -1.79. The smallest absolute Gasteiger partial charge is 0.225 e. The summed E-state index contributed by atoms with van der Waals surface area (Å²) in [6, 6.07) is 7.37. The molecule has 6 nitrogen and oxygen atoms in total. The van der Waals surface area contributed by atoms with Crippen LogP contribution in [0, 0.1) is 11.3 Å². The van der Waals surface area contributed by atoms with E-state index >= 15 is 0 Å². The zero-order valence-electron chi connectivity index (χ0n) is 18.9. The Bertz CT molecular complexity index is 792. The minimum absolute atomic E-state index is 0.0335. The fraction of sp³-hybridized carbons (Fsp3) is 0.680. The van der Waals surface area contributed by atoms with Crippen molar-refractivity contribution in [3.8, 4) is 5.75 Å². The van der Waals surface area contributed by atoms with E-state index in [1.165, 1.54) is 6.42 Å². The minimum atomic E-state index is -0.379. The van der Waals surface area contributed by atoms with Crippen molar-refractivity contribution in [2.45, 2.75) is 51.4 Å². The predicted octanol–water partition coefficient (Wildman–Crippen LogP) is 4.16. The van der Waals surface area contributed by atoms with Gasteiger partial charge in [-0.2, -0.15) is 0 Å². The molecule has 0 bridgehead atoms. The van der Waals surface area contributed by atoms with Crippen LogP contribution >= 0.6 is 11.6 Å². The number of hydrogen-bond acceptors (Lipinski definition) is 4. The van der Waals surface area contributed by atoms with E-state index in [9.17, 15) is 9.59 Å². The van der Waals surface area contributed by atoms with Crippen LogP contribution in [0.2, 0.25) is 5.02 Å². The molecule has 32 heavy (non-hydrogen) atoms. The van der Waals surface area contributed by atoms with Gasteiger partial charge in [0, 0.05) is 62.2 Å². The molecular weight excluding hydrogens is 428 g/mol. The van der Waals surface area contributed by atoms with Crippen LogP contribution in [0.1, 0.15) is 51.4 Å². The maximum atomic E-state index is 13.3. The first-order valence-electron chi connectivity index (χ1n) is 12.1. The zero-order chi connectivity index (χ0) is 22.4. The summed E-state index contributed by atoms with van der Waals surface area (Å²) in [4.78, 5) is 30.5. The minimum Gasteiger partial charge on any atom is -0.493 e. The number of halogens is 1. The highest BCUT2D eigenvalue weighted by atomic mass is 35.5. The molecule has 0 aromatic heterocycles. The van der Waals surface area contributed by atoms with Gasteiger partial charge in [0.25, 0.3) is 0 Å². The lowest BCUT2D eigenvalue weighted by Crippen LogP contribution is -2.52. The van der Waals surface area contributed by atoms with Gasteiger partial charge in [0.1, 0.15) is 5.75 Å².